The van der Waals surface area contributed by atoms with Crippen LogP contribution in [0.2, 0.25) is 0 Å². The van der Waals surface area contributed by atoms with Crippen molar-refractivity contribution in [3.8, 4) is 0 Å². The lowest BCUT2D eigenvalue weighted by molar-refractivity contribution is 0.0215. The standard InChI is InChI=1S/C14H16FNO/c15-12-3-1-10(2-4-12)9-13-14(17)11-5-7-16(13)8-6-11/h1-4,9,11,14,17H,5-8H2/b13-9+/t14-/m0/s1. The van der Waals surface area contributed by atoms with Crippen LogP contribution in [0.25, 0.3) is 6.08 Å². The predicted molar refractivity (Wildman–Crippen MR) is 64.7 cm³/mol. The van der Waals surface area contributed by atoms with Crippen LogP contribution in [0.4, 0.5) is 4.39 Å². The van der Waals surface area contributed by atoms with E-state index in [4.69, 9.17) is 0 Å². The summed E-state index contributed by atoms with van der Waals surface area (Å²) in [6.45, 7) is 2.07. The average Bonchev–Trinajstić information content (AvgIpc) is 2.37. The monoisotopic (exact) mass is 233 g/mol. The number of benzene rings is 1. The van der Waals surface area contributed by atoms with Crippen LogP contribution in [-0.2, 0) is 0 Å². The van der Waals surface area contributed by atoms with Crippen LogP contribution in [-0.4, -0.2) is 29.2 Å². The molecule has 3 saturated heterocycles. The van der Waals surface area contributed by atoms with Gasteiger partial charge in [0.25, 0.3) is 0 Å². The number of nitrogens with zero attached hydrogens (tertiary/aromatic N) is 1. The number of hydrogen-bond acceptors (Lipinski definition) is 2. The summed E-state index contributed by atoms with van der Waals surface area (Å²) in [5.74, 6) is 0.185. The normalized spacial score (nSPS) is 30.0. The van der Waals surface area contributed by atoms with E-state index in [1.54, 1.807) is 12.1 Å². The Labute approximate surface area is 100 Å². The highest BCUT2D eigenvalue weighted by molar-refractivity contribution is 5.54. The summed E-state index contributed by atoms with van der Waals surface area (Å²) < 4.78 is 12.8. The van der Waals surface area contributed by atoms with Crippen molar-refractivity contribution in [1.82, 2.24) is 4.90 Å². The molecular weight excluding hydrogens is 217 g/mol. The Morgan fingerprint density at radius 2 is 1.82 bits per heavy atom. The molecule has 3 aliphatic rings. The summed E-state index contributed by atoms with van der Waals surface area (Å²) in [5.41, 5.74) is 1.95. The van der Waals surface area contributed by atoms with E-state index >= 15 is 0 Å². The highest BCUT2D eigenvalue weighted by atomic mass is 19.1. The van der Waals surface area contributed by atoms with E-state index in [1.165, 1.54) is 12.1 Å². The molecule has 90 valence electrons. The van der Waals surface area contributed by atoms with Gasteiger partial charge < -0.3 is 10.0 Å². The third kappa shape index (κ3) is 1.95. The molecule has 0 unspecified atom stereocenters. The van der Waals surface area contributed by atoms with Gasteiger partial charge in [0.1, 0.15) is 5.82 Å². The average molecular weight is 233 g/mol. The SMILES string of the molecule is O[C@@H]1/C(=C\c2ccc(F)cc2)N2CCC1CC2. The number of fused-ring (bicyclic) bond motifs is 3. The quantitative estimate of drug-likeness (QED) is 0.804. The zero-order valence-corrected chi connectivity index (χ0v) is 9.64. The smallest absolute Gasteiger partial charge is 0.123 e. The maximum atomic E-state index is 12.8. The fourth-order valence-corrected chi connectivity index (χ4v) is 2.81. The van der Waals surface area contributed by atoms with Crippen molar-refractivity contribution in [3.05, 3.63) is 41.3 Å². The van der Waals surface area contributed by atoms with Crippen molar-refractivity contribution in [2.75, 3.05) is 13.1 Å². The third-order valence-corrected chi connectivity index (χ3v) is 3.84. The molecule has 2 nitrogen and oxygen atoms in total. The molecule has 3 heteroatoms. The zero-order valence-electron chi connectivity index (χ0n) is 9.64. The van der Waals surface area contributed by atoms with Crippen molar-refractivity contribution in [3.63, 3.8) is 0 Å². The topological polar surface area (TPSA) is 23.5 Å². The molecule has 0 spiro atoms. The van der Waals surface area contributed by atoms with Gasteiger partial charge in [0.2, 0.25) is 0 Å². The summed E-state index contributed by atoms with van der Waals surface area (Å²) in [7, 11) is 0. The molecule has 1 atom stereocenters. The van der Waals surface area contributed by atoms with Gasteiger partial charge in [-0.05, 0) is 42.5 Å². The minimum absolute atomic E-state index is 0.224. The Hall–Kier alpha value is -1.35. The van der Waals surface area contributed by atoms with Crippen molar-refractivity contribution < 1.29 is 9.50 Å². The molecule has 0 aromatic heterocycles. The highest BCUT2D eigenvalue weighted by Gasteiger charge is 2.36. The number of hydrogen-bond donors (Lipinski definition) is 1. The fraction of sp³-hybridized carbons (Fsp3) is 0.429. The lowest BCUT2D eigenvalue weighted by atomic mass is 9.83. The predicted octanol–water partition coefficient (Wildman–Crippen LogP) is 2.25. The molecule has 1 aromatic rings. The van der Waals surface area contributed by atoms with Crippen molar-refractivity contribution in [2.24, 2.45) is 5.92 Å². The Bertz CT molecular complexity index is 428. The van der Waals surface area contributed by atoms with E-state index in [0.29, 0.717) is 5.92 Å². The van der Waals surface area contributed by atoms with Crippen molar-refractivity contribution >= 4 is 6.08 Å². The van der Waals surface area contributed by atoms with Crippen LogP contribution >= 0.6 is 0 Å². The molecule has 1 N–H and O–H groups in total. The Balaban J connectivity index is 1.90. The fourth-order valence-electron chi connectivity index (χ4n) is 2.81. The first-order valence-corrected chi connectivity index (χ1v) is 6.14. The number of aliphatic hydroxyl groups excluding tert-OH is 1. The van der Waals surface area contributed by atoms with Gasteiger partial charge in [-0.3, -0.25) is 0 Å². The summed E-state index contributed by atoms with van der Waals surface area (Å²) in [6, 6.07) is 6.40. The maximum Gasteiger partial charge on any atom is 0.123 e. The van der Waals surface area contributed by atoms with Gasteiger partial charge >= 0.3 is 0 Å². The lowest BCUT2D eigenvalue weighted by Crippen LogP contribution is -2.48. The van der Waals surface area contributed by atoms with Gasteiger partial charge in [0.05, 0.1) is 6.10 Å². The zero-order chi connectivity index (χ0) is 11.8. The Morgan fingerprint density at radius 3 is 2.41 bits per heavy atom. The van der Waals surface area contributed by atoms with Crippen LogP contribution in [0, 0.1) is 11.7 Å². The summed E-state index contributed by atoms with van der Waals surface area (Å²) in [5, 5.41) is 10.2. The minimum Gasteiger partial charge on any atom is -0.387 e. The van der Waals surface area contributed by atoms with E-state index in [-0.39, 0.29) is 11.9 Å². The van der Waals surface area contributed by atoms with Gasteiger partial charge in [-0.25, -0.2) is 4.39 Å². The van der Waals surface area contributed by atoms with E-state index in [0.717, 1.165) is 37.2 Å². The first-order valence-electron chi connectivity index (χ1n) is 6.14. The van der Waals surface area contributed by atoms with Crippen LogP contribution in [0.3, 0.4) is 0 Å². The van der Waals surface area contributed by atoms with E-state index < -0.39 is 0 Å². The maximum absolute atomic E-state index is 12.8. The first kappa shape index (κ1) is 10.8. The van der Waals surface area contributed by atoms with E-state index in [9.17, 15) is 9.50 Å². The molecule has 3 fully saturated rings. The molecule has 0 aliphatic carbocycles. The van der Waals surface area contributed by atoms with Crippen molar-refractivity contribution in [2.45, 2.75) is 18.9 Å². The summed E-state index contributed by atoms with van der Waals surface area (Å²) >= 11 is 0. The van der Waals surface area contributed by atoms with Crippen LogP contribution in [0.1, 0.15) is 18.4 Å². The number of aliphatic hydroxyl groups is 1. The molecule has 0 amide bonds. The molecule has 1 aromatic carbocycles. The van der Waals surface area contributed by atoms with Crippen molar-refractivity contribution in [1.29, 1.82) is 0 Å². The molecular formula is C14H16FNO. The largest absolute Gasteiger partial charge is 0.387 e. The van der Waals surface area contributed by atoms with Crippen LogP contribution in [0.15, 0.2) is 30.0 Å². The second-order valence-electron chi connectivity index (χ2n) is 4.89. The van der Waals surface area contributed by atoms with Gasteiger partial charge in [-0.1, -0.05) is 12.1 Å². The minimum atomic E-state index is -0.345. The van der Waals surface area contributed by atoms with Crippen LogP contribution in [0.5, 0.6) is 0 Å². The number of halogens is 1. The highest BCUT2D eigenvalue weighted by Crippen LogP contribution is 2.35. The van der Waals surface area contributed by atoms with E-state index in [1.807, 2.05) is 6.08 Å². The first-order chi connectivity index (χ1) is 8.24. The Morgan fingerprint density at radius 1 is 1.18 bits per heavy atom. The molecule has 3 aliphatic heterocycles. The van der Waals surface area contributed by atoms with Gasteiger partial charge in [0, 0.05) is 18.8 Å². The molecule has 0 saturated carbocycles. The molecule has 2 bridgehead atoms. The Kier molecular flexibility index (Phi) is 2.63. The van der Waals surface area contributed by atoms with Gasteiger partial charge in [-0.2, -0.15) is 0 Å². The molecule has 3 heterocycles. The van der Waals surface area contributed by atoms with Gasteiger partial charge in [0.15, 0.2) is 0 Å². The van der Waals surface area contributed by atoms with E-state index in [2.05, 4.69) is 4.90 Å². The second kappa shape index (κ2) is 4.15. The number of piperidine rings is 3. The lowest BCUT2D eigenvalue weighted by Gasteiger charge is -2.45. The summed E-state index contributed by atoms with van der Waals surface area (Å²) in [6.07, 6.45) is 3.81. The molecule has 17 heavy (non-hydrogen) atoms. The summed E-state index contributed by atoms with van der Waals surface area (Å²) in [4.78, 5) is 2.24. The third-order valence-electron chi connectivity index (χ3n) is 3.84. The molecule has 0 radical (unpaired) electrons. The van der Waals surface area contributed by atoms with Gasteiger partial charge in [-0.15, -0.1) is 0 Å². The number of rotatable bonds is 1. The molecule has 4 rings (SSSR count). The second-order valence-corrected chi connectivity index (χ2v) is 4.89. The van der Waals surface area contributed by atoms with Crippen LogP contribution < -0.4 is 0 Å².